The van der Waals surface area contributed by atoms with Gasteiger partial charge in [-0.05, 0) is 56.6 Å². The molecule has 4 heteroatoms. The predicted octanol–water partition coefficient (Wildman–Crippen LogP) is 8.53. The summed E-state index contributed by atoms with van der Waals surface area (Å²) < 4.78 is 1.09. The summed E-state index contributed by atoms with van der Waals surface area (Å²) in [6.07, 6.45) is 0. The Morgan fingerprint density at radius 2 is 0.771 bits per heavy atom. The van der Waals surface area contributed by atoms with E-state index in [-0.39, 0.29) is 0 Å². The number of hydrogen-bond donors (Lipinski definition) is 0. The van der Waals surface area contributed by atoms with Crippen LogP contribution in [0.25, 0.3) is 66.5 Å². The zero-order valence-corrected chi connectivity index (χ0v) is 20.2. The van der Waals surface area contributed by atoms with Crippen molar-refractivity contribution in [2.24, 2.45) is 0 Å². The highest BCUT2D eigenvalue weighted by Crippen LogP contribution is 2.38. The number of benzene rings is 6. The van der Waals surface area contributed by atoms with Gasteiger partial charge in [-0.2, -0.15) is 0 Å². The fourth-order valence-electron chi connectivity index (χ4n) is 4.87. The molecule has 0 bridgehead atoms. The van der Waals surface area contributed by atoms with Crippen molar-refractivity contribution in [2.75, 3.05) is 0 Å². The summed E-state index contributed by atoms with van der Waals surface area (Å²) in [5, 5.41) is 7.40. The van der Waals surface area contributed by atoms with Gasteiger partial charge in [-0.15, -0.1) is 0 Å². The largest absolute Gasteiger partial charge is 0.208 e. The fourth-order valence-corrected chi connectivity index (χ4v) is 5.36. The van der Waals surface area contributed by atoms with Crippen LogP contribution in [0.5, 0.6) is 0 Å². The summed E-state index contributed by atoms with van der Waals surface area (Å²) in [7, 11) is 0. The van der Waals surface area contributed by atoms with Crippen LogP contribution in [0.15, 0.2) is 114 Å². The van der Waals surface area contributed by atoms with Crippen LogP contribution < -0.4 is 0 Å². The summed E-state index contributed by atoms with van der Waals surface area (Å²) in [5.74, 6) is 2.01. The van der Waals surface area contributed by atoms with Crippen LogP contribution in [0.2, 0.25) is 0 Å². The molecule has 0 saturated carbocycles. The Balaban J connectivity index is 1.49. The van der Waals surface area contributed by atoms with Crippen LogP contribution in [-0.4, -0.2) is 15.0 Å². The SMILES string of the molecule is Brc1cc2ccc3cc(-c4nc(-c5ccccc5)nc(-c5ccccc5)n4)cc4ccc(c1)c2c34. The van der Waals surface area contributed by atoms with E-state index in [4.69, 9.17) is 15.0 Å². The average Bonchev–Trinajstić information content (AvgIpc) is 2.92. The standard InChI is InChI=1S/C31H18BrN3/c32-26-17-23-13-11-21-15-25(16-22-12-14-24(18-26)28(23)27(21)22)31-34-29(19-7-3-1-4-8-19)33-30(35-31)20-9-5-2-6-10-20/h1-18H. The first-order chi connectivity index (χ1) is 17.2. The Morgan fingerprint density at radius 1 is 0.400 bits per heavy atom. The highest BCUT2D eigenvalue weighted by Gasteiger charge is 2.15. The molecule has 164 valence electrons. The Morgan fingerprint density at radius 3 is 1.20 bits per heavy atom. The second-order valence-electron chi connectivity index (χ2n) is 8.69. The first kappa shape index (κ1) is 20.2. The van der Waals surface area contributed by atoms with Gasteiger partial charge in [0.1, 0.15) is 0 Å². The lowest BCUT2D eigenvalue weighted by Crippen LogP contribution is -2.00. The smallest absolute Gasteiger partial charge is 0.164 e. The van der Waals surface area contributed by atoms with Crippen molar-refractivity contribution in [3.63, 3.8) is 0 Å². The van der Waals surface area contributed by atoms with Gasteiger partial charge in [-0.25, -0.2) is 15.0 Å². The van der Waals surface area contributed by atoms with Gasteiger partial charge in [-0.3, -0.25) is 0 Å². The summed E-state index contributed by atoms with van der Waals surface area (Å²) in [5.41, 5.74) is 2.92. The van der Waals surface area contributed by atoms with Crippen molar-refractivity contribution in [3.05, 3.63) is 114 Å². The van der Waals surface area contributed by atoms with Gasteiger partial charge in [0.25, 0.3) is 0 Å². The van der Waals surface area contributed by atoms with Crippen LogP contribution in [-0.2, 0) is 0 Å². The molecule has 0 atom stereocenters. The monoisotopic (exact) mass is 511 g/mol. The van der Waals surface area contributed by atoms with E-state index in [9.17, 15) is 0 Å². The van der Waals surface area contributed by atoms with Crippen LogP contribution >= 0.6 is 15.9 Å². The molecule has 0 aliphatic rings. The molecule has 0 unspecified atom stereocenters. The molecule has 35 heavy (non-hydrogen) atoms. The Labute approximate surface area is 210 Å². The van der Waals surface area contributed by atoms with Crippen LogP contribution in [0.4, 0.5) is 0 Å². The molecular weight excluding hydrogens is 494 g/mol. The summed E-state index contributed by atoms with van der Waals surface area (Å²) in [4.78, 5) is 14.7. The Kier molecular flexibility index (Phi) is 4.61. The van der Waals surface area contributed by atoms with E-state index < -0.39 is 0 Å². The van der Waals surface area contributed by atoms with E-state index in [2.05, 4.69) is 64.5 Å². The van der Waals surface area contributed by atoms with Gasteiger partial charge in [0.05, 0.1) is 0 Å². The van der Waals surface area contributed by atoms with Gasteiger partial charge < -0.3 is 0 Å². The van der Waals surface area contributed by atoms with E-state index in [0.717, 1.165) is 21.2 Å². The second kappa shape index (κ2) is 7.97. The predicted molar refractivity (Wildman–Crippen MR) is 148 cm³/mol. The summed E-state index contributed by atoms with van der Waals surface area (Å²) >= 11 is 3.65. The van der Waals surface area contributed by atoms with Gasteiger partial charge in [0.2, 0.25) is 0 Å². The minimum absolute atomic E-state index is 0.671. The van der Waals surface area contributed by atoms with Crippen molar-refractivity contribution in [2.45, 2.75) is 0 Å². The molecule has 0 aliphatic heterocycles. The third-order valence-corrected chi connectivity index (χ3v) is 6.91. The van der Waals surface area contributed by atoms with Crippen molar-refractivity contribution in [1.29, 1.82) is 0 Å². The number of aromatic nitrogens is 3. The number of hydrogen-bond acceptors (Lipinski definition) is 3. The first-order valence-corrected chi connectivity index (χ1v) is 12.3. The molecule has 0 aliphatic carbocycles. The molecule has 3 nitrogen and oxygen atoms in total. The first-order valence-electron chi connectivity index (χ1n) is 11.5. The third kappa shape index (κ3) is 3.46. The van der Waals surface area contributed by atoms with E-state index in [1.54, 1.807) is 0 Å². The molecule has 6 aromatic carbocycles. The normalized spacial score (nSPS) is 11.6. The maximum Gasteiger partial charge on any atom is 0.164 e. The van der Waals surface area contributed by atoms with Crippen molar-refractivity contribution in [3.8, 4) is 34.2 Å². The summed E-state index contributed by atoms with van der Waals surface area (Å²) in [6, 6.07) is 37.7. The molecular formula is C31H18BrN3. The van der Waals surface area contributed by atoms with Crippen molar-refractivity contribution >= 4 is 48.2 Å². The van der Waals surface area contributed by atoms with E-state index in [1.165, 1.54) is 32.3 Å². The lowest BCUT2D eigenvalue weighted by molar-refractivity contribution is 1.07. The average molecular weight is 512 g/mol. The van der Waals surface area contributed by atoms with Crippen LogP contribution in [0.3, 0.4) is 0 Å². The molecule has 0 amide bonds. The molecule has 0 N–H and O–H groups in total. The molecule has 0 radical (unpaired) electrons. The van der Waals surface area contributed by atoms with Gasteiger partial charge >= 0.3 is 0 Å². The minimum Gasteiger partial charge on any atom is -0.208 e. The lowest BCUT2D eigenvalue weighted by Gasteiger charge is -2.13. The quantitative estimate of drug-likeness (QED) is 0.223. The van der Waals surface area contributed by atoms with Gasteiger partial charge in [-0.1, -0.05) is 101 Å². The summed E-state index contributed by atoms with van der Waals surface area (Å²) in [6.45, 7) is 0. The number of nitrogens with zero attached hydrogens (tertiary/aromatic N) is 3. The highest BCUT2D eigenvalue weighted by atomic mass is 79.9. The minimum atomic E-state index is 0.671. The van der Waals surface area contributed by atoms with Gasteiger partial charge in [0, 0.05) is 21.2 Å². The molecule has 1 heterocycles. The zero-order chi connectivity index (χ0) is 23.4. The number of rotatable bonds is 3. The second-order valence-corrected chi connectivity index (χ2v) is 9.61. The Hall–Kier alpha value is -4.15. The van der Waals surface area contributed by atoms with Crippen LogP contribution in [0.1, 0.15) is 0 Å². The molecule has 7 rings (SSSR count). The maximum absolute atomic E-state index is 4.92. The lowest BCUT2D eigenvalue weighted by atomic mass is 9.93. The maximum atomic E-state index is 4.92. The molecule has 0 fully saturated rings. The molecule has 0 saturated heterocycles. The third-order valence-electron chi connectivity index (χ3n) is 6.46. The topological polar surface area (TPSA) is 38.7 Å². The van der Waals surface area contributed by atoms with E-state index in [0.29, 0.717) is 17.5 Å². The zero-order valence-electron chi connectivity index (χ0n) is 18.6. The molecule has 7 aromatic rings. The Bertz CT molecular complexity index is 1720. The van der Waals surface area contributed by atoms with Crippen LogP contribution in [0, 0.1) is 0 Å². The highest BCUT2D eigenvalue weighted by molar-refractivity contribution is 9.10. The number of halogens is 1. The van der Waals surface area contributed by atoms with E-state index >= 15 is 0 Å². The fraction of sp³-hybridized carbons (Fsp3) is 0. The van der Waals surface area contributed by atoms with Gasteiger partial charge in [0.15, 0.2) is 17.5 Å². The molecule has 0 spiro atoms. The van der Waals surface area contributed by atoms with Crippen molar-refractivity contribution in [1.82, 2.24) is 15.0 Å². The van der Waals surface area contributed by atoms with Crippen molar-refractivity contribution < 1.29 is 0 Å². The van der Waals surface area contributed by atoms with E-state index in [1.807, 2.05) is 60.7 Å². The molecule has 1 aromatic heterocycles.